The zero-order valence-electron chi connectivity index (χ0n) is 16.4. The van der Waals surface area contributed by atoms with Crippen molar-refractivity contribution in [3.63, 3.8) is 0 Å². The molecule has 0 amide bonds. The van der Waals surface area contributed by atoms with Crippen molar-refractivity contribution < 1.29 is 33.3 Å². The van der Waals surface area contributed by atoms with Gasteiger partial charge in [-0.25, -0.2) is 9.59 Å². The molecule has 0 aromatic heterocycles. The van der Waals surface area contributed by atoms with Gasteiger partial charge in [0.1, 0.15) is 12.2 Å². The Morgan fingerprint density at radius 3 is 2.64 bits per heavy atom. The summed E-state index contributed by atoms with van der Waals surface area (Å²) < 4.78 is 21.9. The Hall–Kier alpha value is -2.57. The minimum atomic E-state index is -0.876. The van der Waals surface area contributed by atoms with Crippen molar-refractivity contribution in [2.45, 2.75) is 65.5 Å². The van der Waals surface area contributed by atoms with E-state index in [9.17, 15) is 14.4 Å². The minimum Gasteiger partial charge on any atom is -0.458 e. The van der Waals surface area contributed by atoms with Gasteiger partial charge >= 0.3 is 17.9 Å². The zero-order valence-corrected chi connectivity index (χ0v) is 16.4. The molecule has 1 saturated heterocycles. The molecule has 0 aromatic rings. The summed E-state index contributed by atoms with van der Waals surface area (Å²) in [5.74, 6) is -1.79. The van der Waals surface area contributed by atoms with Crippen LogP contribution in [0.2, 0.25) is 0 Å². The van der Waals surface area contributed by atoms with Crippen LogP contribution >= 0.6 is 0 Å². The Morgan fingerprint density at radius 2 is 2.00 bits per heavy atom. The van der Waals surface area contributed by atoms with E-state index in [0.717, 1.165) is 30.4 Å². The number of ether oxygens (including phenoxy) is 4. The number of rotatable bonds is 3. The fourth-order valence-electron chi connectivity index (χ4n) is 4.78. The number of carbonyl (C=O) groups is 3. The largest absolute Gasteiger partial charge is 0.458 e. The number of hydrogen-bond donors (Lipinski definition) is 0. The fourth-order valence-corrected chi connectivity index (χ4v) is 4.78. The molecule has 0 spiro atoms. The quantitative estimate of drug-likeness (QED) is 0.241. The Bertz CT molecular complexity index is 845. The normalized spacial score (nSPS) is 34.6. The monoisotopic (exact) mass is 388 g/mol. The van der Waals surface area contributed by atoms with E-state index in [4.69, 9.17) is 18.9 Å². The van der Waals surface area contributed by atoms with Crippen molar-refractivity contribution in [3.8, 4) is 0 Å². The highest BCUT2D eigenvalue weighted by molar-refractivity contribution is 5.93. The van der Waals surface area contributed by atoms with Gasteiger partial charge in [-0.1, -0.05) is 13.8 Å². The summed E-state index contributed by atoms with van der Waals surface area (Å²) in [5, 5.41) is 0. The van der Waals surface area contributed by atoms with Gasteiger partial charge in [0, 0.05) is 18.6 Å². The number of esters is 3. The molecule has 0 bridgehead atoms. The topological polar surface area (TPSA) is 88.1 Å². The SMILES string of the molecule is CC(=O)OC1C2=C([C@H]3OC(=O)/C(=C/O[C@@H]4C=C(C)C(=O)O4)[C@@H]13)C(C)(C)CCC2. The molecule has 1 fully saturated rings. The first kappa shape index (κ1) is 18.8. The number of cyclic esters (lactones) is 1. The molecule has 4 aliphatic rings. The molecule has 0 radical (unpaired) electrons. The Labute approximate surface area is 163 Å². The first-order valence-electron chi connectivity index (χ1n) is 9.55. The predicted octanol–water partition coefficient (Wildman–Crippen LogP) is 2.71. The van der Waals surface area contributed by atoms with E-state index in [1.807, 2.05) is 0 Å². The van der Waals surface area contributed by atoms with Gasteiger partial charge in [-0.05, 0) is 42.7 Å². The molecule has 4 rings (SSSR count). The van der Waals surface area contributed by atoms with Gasteiger partial charge in [0.2, 0.25) is 0 Å². The van der Waals surface area contributed by atoms with Crippen LogP contribution < -0.4 is 0 Å². The molecular formula is C21H24O7. The third-order valence-electron chi connectivity index (χ3n) is 5.99. The highest BCUT2D eigenvalue weighted by Crippen LogP contribution is 2.55. The van der Waals surface area contributed by atoms with E-state index in [-0.39, 0.29) is 5.41 Å². The van der Waals surface area contributed by atoms with E-state index in [1.165, 1.54) is 13.2 Å². The Kier molecular flexibility index (Phi) is 4.36. The lowest BCUT2D eigenvalue weighted by Crippen LogP contribution is -2.29. The molecule has 0 N–H and O–H groups in total. The third kappa shape index (κ3) is 2.93. The average molecular weight is 388 g/mol. The number of carbonyl (C=O) groups excluding carboxylic acids is 3. The lowest BCUT2D eigenvalue weighted by atomic mass is 9.72. The van der Waals surface area contributed by atoms with Gasteiger partial charge in [-0.2, -0.15) is 0 Å². The van der Waals surface area contributed by atoms with Gasteiger partial charge in [-0.3, -0.25) is 4.79 Å². The second-order valence-electron chi connectivity index (χ2n) is 8.39. The summed E-state index contributed by atoms with van der Waals surface area (Å²) in [5.41, 5.74) is 2.74. The van der Waals surface area contributed by atoms with Crippen LogP contribution in [0.5, 0.6) is 0 Å². The molecule has 2 heterocycles. The van der Waals surface area contributed by atoms with Crippen molar-refractivity contribution in [1.82, 2.24) is 0 Å². The molecule has 150 valence electrons. The Morgan fingerprint density at radius 1 is 1.25 bits per heavy atom. The second-order valence-corrected chi connectivity index (χ2v) is 8.39. The van der Waals surface area contributed by atoms with Gasteiger partial charge in [0.15, 0.2) is 0 Å². The maximum atomic E-state index is 12.6. The van der Waals surface area contributed by atoms with Crippen molar-refractivity contribution in [2.75, 3.05) is 0 Å². The molecule has 0 saturated carbocycles. The summed E-state index contributed by atoms with van der Waals surface area (Å²) in [7, 11) is 0. The van der Waals surface area contributed by atoms with Crippen LogP contribution in [0.3, 0.4) is 0 Å². The van der Waals surface area contributed by atoms with E-state index in [1.54, 1.807) is 13.0 Å². The molecule has 2 aliphatic heterocycles. The van der Waals surface area contributed by atoms with Crippen molar-refractivity contribution in [3.05, 3.63) is 34.6 Å². The van der Waals surface area contributed by atoms with Crippen LogP contribution in [-0.4, -0.2) is 36.4 Å². The molecule has 28 heavy (non-hydrogen) atoms. The van der Waals surface area contributed by atoms with Gasteiger partial charge in [-0.15, -0.1) is 0 Å². The highest BCUT2D eigenvalue weighted by Gasteiger charge is 2.58. The van der Waals surface area contributed by atoms with Crippen LogP contribution in [0.15, 0.2) is 34.6 Å². The van der Waals surface area contributed by atoms with Crippen molar-refractivity contribution in [2.24, 2.45) is 11.3 Å². The molecule has 0 aromatic carbocycles. The van der Waals surface area contributed by atoms with Gasteiger partial charge in [0.25, 0.3) is 6.29 Å². The first-order chi connectivity index (χ1) is 13.2. The van der Waals surface area contributed by atoms with Gasteiger partial charge < -0.3 is 18.9 Å². The minimum absolute atomic E-state index is 0.136. The number of fused-ring (bicyclic) bond motifs is 2. The third-order valence-corrected chi connectivity index (χ3v) is 5.99. The molecule has 2 aliphatic carbocycles. The van der Waals surface area contributed by atoms with Crippen LogP contribution in [0.25, 0.3) is 0 Å². The summed E-state index contributed by atoms with van der Waals surface area (Å²) in [6.07, 6.45) is 3.76. The molecule has 7 heteroatoms. The van der Waals surface area contributed by atoms with Crippen LogP contribution in [-0.2, 0) is 33.3 Å². The predicted molar refractivity (Wildman–Crippen MR) is 96.4 cm³/mol. The Balaban J connectivity index is 1.67. The van der Waals surface area contributed by atoms with Crippen LogP contribution in [0.1, 0.15) is 47.0 Å². The number of hydrogen-bond acceptors (Lipinski definition) is 7. The summed E-state index contributed by atoms with van der Waals surface area (Å²) in [6, 6.07) is 0. The molecule has 1 unspecified atom stereocenters. The van der Waals surface area contributed by atoms with E-state index in [0.29, 0.717) is 11.1 Å². The maximum Gasteiger partial charge on any atom is 0.338 e. The molecular weight excluding hydrogens is 364 g/mol. The summed E-state index contributed by atoms with van der Waals surface area (Å²) >= 11 is 0. The highest BCUT2D eigenvalue weighted by atomic mass is 16.7. The second kappa shape index (κ2) is 6.50. The lowest BCUT2D eigenvalue weighted by Gasteiger charge is -2.34. The maximum absolute atomic E-state index is 12.6. The first-order valence-corrected chi connectivity index (χ1v) is 9.55. The van der Waals surface area contributed by atoms with E-state index in [2.05, 4.69) is 13.8 Å². The van der Waals surface area contributed by atoms with Gasteiger partial charge in [0.05, 0.1) is 17.8 Å². The average Bonchev–Trinajstić information content (AvgIpc) is 3.18. The van der Waals surface area contributed by atoms with E-state index < -0.39 is 42.3 Å². The molecule has 7 nitrogen and oxygen atoms in total. The smallest absolute Gasteiger partial charge is 0.338 e. The summed E-state index contributed by atoms with van der Waals surface area (Å²) in [6.45, 7) is 7.26. The van der Waals surface area contributed by atoms with Crippen molar-refractivity contribution >= 4 is 17.9 Å². The van der Waals surface area contributed by atoms with Crippen LogP contribution in [0, 0.1) is 11.3 Å². The zero-order chi connectivity index (χ0) is 20.2. The van der Waals surface area contributed by atoms with Crippen LogP contribution in [0.4, 0.5) is 0 Å². The summed E-state index contributed by atoms with van der Waals surface area (Å²) in [4.78, 5) is 35.8. The fraction of sp³-hybridized carbons (Fsp3) is 0.571. The molecule has 4 atom stereocenters. The standard InChI is InChI=1S/C21H24O7/c1-10-8-14(27-19(10)23)25-9-13-15-17(26-11(2)22)12-6-5-7-21(3,4)16(12)18(15)28-20(13)24/h8-9,14-15,17-18H,5-7H2,1-4H3/b13-9+/t14-,15-,17?,18-/m0/s1. The lowest BCUT2D eigenvalue weighted by molar-refractivity contribution is -0.152. The van der Waals surface area contributed by atoms with E-state index >= 15 is 0 Å². The van der Waals surface area contributed by atoms with Crippen molar-refractivity contribution in [1.29, 1.82) is 0 Å².